The molecule has 17 heavy (non-hydrogen) atoms. The van der Waals surface area contributed by atoms with Crippen molar-refractivity contribution in [3.8, 4) is 0 Å². The van der Waals surface area contributed by atoms with E-state index < -0.39 is 39.7 Å². The molecule has 1 aliphatic carbocycles. The highest BCUT2D eigenvalue weighted by atomic mass is 32.2. The molecule has 3 atom stereocenters. The molecule has 1 saturated carbocycles. The molecular formula is C7H10F2O7S. The van der Waals surface area contributed by atoms with Crippen molar-refractivity contribution in [3.05, 3.63) is 0 Å². The van der Waals surface area contributed by atoms with E-state index in [2.05, 4.69) is 4.74 Å². The Balaban J connectivity index is 2.74. The zero-order chi connectivity index (χ0) is 13.4. The normalized spacial score (nSPS) is 30.3. The average Bonchev–Trinajstić information content (AvgIpc) is 2.47. The van der Waals surface area contributed by atoms with Crippen LogP contribution in [0, 0.1) is 0 Å². The van der Waals surface area contributed by atoms with Crippen LogP contribution in [-0.2, 0) is 19.6 Å². The predicted molar refractivity (Wildman–Crippen MR) is 47.6 cm³/mol. The van der Waals surface area contributed by atoms with E-state index in [0.29, 0.717) is 0 Å². The number of hydrogen-bond acceptors (Lipinski definition) is 6. The molecule has 0 amide bonds. The fourth-order valence-corrected chi connectivity index (χ4v) is 1.62. The Morgan fingerprint density at radius 2 is 1.82 bits per heavy atom. The molecule has 0 aliphatic heterocycles. The van der Waals surface area contributed by atoms with Crippen molar-refractivity contribution in [1.82, 2.24) is 0 Å². The summed E-state index contributed by atoms with van der Waals surface area (Å²) in [6.07, 6.45) is -4.28. The van der Waals surface area contributed by atoms with E-state index in [1.54, 1.807) is 0 Å². The minimum atomic E-state index is -5.93. The molecule has 1 rings (SSSR count). The molecule has 0 heterocycles. The van der Waals surface area contributed by atoms with Crippen LogP contribution in [0.2, 0.25) is 0 Å². The third-order valence-corrected chi connectivity index (χ3v) is 3.16. The Hall–Kier alpha value is -0.840. The quantitative estimate of drug-likeness (QED) is 0.441. The minimum Gasteiger partial charge on any atom is -0.454 e. The van der Waals surface area contributed by atoms with Crippen molar-refractivity contribution in [1.29, 1.82) is 0 Å². The number of aliphatic hydroxyl groups excluding tert-OH is 2. The first-order valence-corrected chi connectivity index (χ1v) is 5.93. The summed E-state index contributed by atoms with van der Waals surface area (Å²) in [7, 11) is -5.93. The Bertz CT molecular complexity index is 406. The van der Waals surface area contributed by atoms with Gasteiger partial charge in [0.1, 0.15) is 12.2 Å². The number of alkyl halides is 2. The SMILES string of the molecule is O=C(OC1CCC(O)C1O)C(F)(F)S(=O)(=O)O. The summed E-state index contributed by atoms with van der Waals surface area (Å²) in [6.45, 7) is 0. The van der Waals surface area contributed by atoms with Gasteiger partial charge in [-0.2, -0.15) is 17.2 Å². The van der Waals surface area contributed by atoms with E-state index in [1.807, 2.05) is 0 Å². The molecular weight excluding hydrogens is 266 g/mol. The molecule has 0 aromatic carbocycles. The maximum Gasteiger partial charge on any atom is 0.465 e. The second kappa shape index (κ2) is 4.44. The van der Waals surface area contributed by atoms with Gasteiger partial charge in [0.25, 0.3) is 0 Å². The second-order valence-electron chi connectivity index (χ2n) is 3.57. The van der Waals surface area contributed by atoms with Gasteiger partial charge in [-0.15, -0.1) is 0 Å². The summed E-state index contributed by atoms with van der Waals surface area (Å²) in [6, 6.07) is 0. The minimum absolute atomic E-state index is 0.0244. The smallest absolute Gasteiger partial charge is 0.454 e. The Morgan fingerprint density at radius 3 is 2.18 bits per heavy atom. The van der Waals surface area contributed by atoms with Crippen LogP contribution < -0.4 is 0 Å². The van der Waals surface area contributed by atoms with E-state index in [9.17, 15) is 27.1 Å². The van der Waals surface area contributed by atoms with Gasteiger partial charge in [-0.1, -0.05) is 0 Å². The fourth-order valence-electron chi connectivity index (χ4n) is 1.36. The van der Waals surface area contributed by atoms with Crippen LogP contribution in [0.15, 0.2) is 0 Å². The molecule has 3 N–H and O–H groups in total. The molecule has 0 aromatic heterocycles. The molecule has 100 valence electrons. The summed E-state index contributed by atoms with van der Waals surface area (Å²) in [5.74, 6) is -2.49. The van der Waals surface area contributed by atoms with Crippen molar-refractivity contribution in [2.75, 3.05) is 0 Å². The number of aliphatic hydroxyl groups is 2. The predicted octanol–water partition coefficient (Wildman–Crippen LogP) is -1.11. The largest absolute Gasteiger partial charge is 0.465 e. The molecule has 0 bridgehead atoms. The first-order valence-electron chi connectivity index (χ1n) is 4.49. The summed E-state index contributed by atoms with van der Waals surface area (Å²) in [5.41, 5.74) is 0. The van der Waals surface area contributed by atoms with Crippen molar-refractivity contribution in [2.45, 2.75) is 36.4 Å². The van der Waals surface area contributed by atoms with Crippen molar-refractivity contribution < 1.29 is 41.5 Å². The maximum atomic E-state index is 12.7. The van der Waals surface area contributed by atoms with Crippen LogP contribution in [-0.4, -0.2) is 52.7 Å². The zero-order valence-corrected chi connectivity index (χ0v) is 9.10. The van der Waals surface area contributed by atoms with Crippen LogP contribution in [0.25, 0.3) is 0 Å². The van der Waals surface area contributed by atoms with Crippen molar-refractivity contribution in [2.24, 2.45) is 0 Å². The van der Waals surface area contributed by atoms with Crippen molar-refractivity contribution in [3.63, 3.8) is 0 Å². The van der Waals surface area contributed by atoms with Gasteiger partial charge in [0, 0.05) is 0 Å². The van der Waals surface area contributed by atoms with Gasteiger partial charge in [0.15, 0.2) is 0 Å². The van der Waals surface area contributed by atoms with E-state index in [0.717, 1.165) is 0 Å². The number of rotatable bonds is 3. The first-order chi connectivity index (χ1) is 7.57. The zero-order valence-electron chi connectivity index (χ0n) is 8.29. The highest BCUT2D eigenvalue weighted by molar-refractivity contribution is 7.87. The molecule has 1 aliphatic rings. The monoisotopic (exact) mass is 276 g/mol. The summed E-state index contributed by atoms with van der Waals surface area (Å²) in [5, 5.41) is 13.1. The molecule has 10 heteroatoms. The van der Waals surface area contributed by atoms with E-state index in [4.69, 9.17) is 9.66 Å². The third kappa shape index (κ3) is 2.70. The second-order valence-corrected chi connectivity index (χ2v) is 5.03. The van der Waals surface area contributed by atoms with Gasteiger partial charge in [-0.3, -0.25) is 4.55 Å². The number of halogens is 2. The topological polar surface area (TPSA) is 121 Å². The van der Waals surface area contributed by atoms with E-state index >= 15 is 0 Å². The lowest BCUT2D eigenvalue weighted by Gasteiger charge is -2.19. The number of carbonyl (C=O) groups is 1. The molecule has 0 aromatic rings. The number of carbonyl (C=O) groups excluding carboxylic acids is 1. The van der Waals surface area contributed by atoms with Crippen molar-refractivity contribution >= 4 is 16.1 Å². The van der Waals surface area contributed by atoms with Gasteiger partial charge in [0.05, 0.1) is 6.10 Å². The maximum absolute atomic E-state index is 12.7. The molecule has 1 fully saturated rings. The van der Waals surface area contributed by atoms with Crippen LogP contribution in [0.5, 0.6) is 0 Å². The van der Waals surface area contributed by atoms with Crippen LogP contribution in [0.1, 0.15) is 12.8 Å². The van der Waals surface area contributed by atoms with Gasteiger partial charge < -0.3 is 14.9 Å². The lowest BCUT2D eigenvalue weighted by molar-refractivity contribution is -0.172. The van der Waals surface area contributed by atoms with Crippen LogP contribution in [0.3, 0.4) is 0 Å². The lowest BCUT2D eigenvalue weighted by atomic mass is 10.2. The summed E-state index contributed by atoms with van der Waals surface area (Å²) < 4.78 is 58.1. The summed E-state index contributed by atoms with van der Waals surface area (Å²) >= 11 is 0. The molecule has 0 radical (unpaired) electrons. The molecule has 7 nitrogen and oxygen atoms in total. The highest BCUT2D eigenvalue weighted by Crippen LogP contribution is 2.28. The standard InChI is InChI=1S/C7H10F2O7S/c8-7(9,17(13,14)15)6(12)16-4-2-1-3(10)5(4)11/h3-5,10-11H,1-2H2,(H,13,14,15). The van der Waals surface area contributed by atoms with Gasteiger partial charge >= 0.3 is 21.3 Å². The molecule has 3 unspecified atom stereocenters. The first kappa shape index (κ1) is 14.2. The van der Waals surface area contributed by atoms with E-state index in [-0.39, 0.29) is 12.8 Å². The average molecular weight is 276 g/mol. The Labute approximate surface area is 94.7 Å². The number of hydrogen-bond donors (Lipinski definition) is 3. The Kier molecular flexibility index (Phi) is 3.72. The van der Waals surface area contributed by atoms with Gasteiger partial charge in [0.2, 0.25) is 0 Å². The lowest BCUT2D eigenvalue weighted by Crippen LogP contribution is -2.43. The molecule has 0 spiro atoms. The number of ether oxygens (including phenoxy) is 1. The van der Waals surface area contributed by atoms with Gasteiger partial charge in [-0.25, -0.2) is 4.79 Å². The van der Waals surface area contributed by atoms with E-state index in [1.165, 1.54) is 0 Å². The van der Waals surface area contributed by atoms with Crippen LogP contribution in [0.4, 0.5) is 8.78 Å². The third-order valence-electron chi connectivity index (χ3n) is 2.34. The Morgan fingerprint density at radius 1 is 1.29 bits per heavy atom. The highest BCUT2D eigenvalue weighted by Gasteiger charge is 2.55. The fraction of sp³-hybridized carbons (Fsp3) is 0.857. The number of esters is 1. The summed E-state index contributed by atoms with van der Waals surface area (Å²) in [4.78, 5) is 10.8. The van der Waals surface area contributed by atoms with Gasteiger partial charge in [-0.05, 0) is 12.8 Å². The van der Waals surface area contributed by atoms with Crippen LogP contribution >= 0.6 is 0 Å². The molecule has 0 saturated heterocycles.